The molecule has 0 saturated carbocycles. The van der Waals surface area contributed by atoms with Gasteiger partial charge in [-0.1, -0.05) is 0 Å². The van der Waals surface area contributed by atoms with Crippen molar-refractivity contribution in [1.82, 2.24) is 9.88 Å². The van der Waals surface area contributed by atoms with Gasteiger partial charge in [0.1, 0.15) is 5.69 Å². The molecule has 1 amide bonds. The normalized spacial score (nSPS) is 18.2. The monoisotopic (exact) mass is 278 g/mol. The van der Waals surface area contributed by atoms with Gasteiger partial charge in [-0.25, -0.2) is 9.78 Å². The first-order valence-corrected chi connectivity index (χ1v) is 6.71. The van der Waals surface area contributed by atoms with Crippen LogP contribution in [0.2, 0.25) is 0 Å². The average molecular weight is 278 g/mol. The van der Waals surface area contributed by atoms with Gasteiger partial charge in [0, 0.05) is 24.9 Å². The first-order valence-electron chi connectivity index (χ1n) is 6.71. The van der Waals surface area contributed by atoms with Crippen molar-refractivity contribution in [2.45, 2.75) is 25.8 Å². The fourth-order valence-electron chi connectivity index (χ4n) is 2.38. The molecular weight excluding hydrogens is 260 g/mol. The number of nitrogens with zero attached hydrogens (tertiary/aromatic N) is 2. The van der Waals surface area contributed by atoms with Crippen molar-refractivity contribution >= 4 is 11.9 Å². The van der Waals surface area contributed by atoms with Crippen LogP contribution in [0.3, 0.4) is 0 Å². The van der Waals surface area contributed by atoms with Gasteiger partial charge >= 0.3 is 5.97 Å². The molecule has 1 aromatic heterocycles. The number of likely N-dealkylation sites (tertiary alicyclic amines) is 1. The minimum Gasteiger partial charge on any atom is -0.477 e. The molecule has 1 saturated heterocycles. The number of rotatable bonds is 5. The second-order valence-electron chi connectivity index (χ2n) is 4.69. The quantitative estimate of drug-likeness (QED) is 0.881. The molecule has 20 heavy (non-hydrogen) atoms. The summed E-state index contributed by atoms with van der Waals surface area (Å²) in [6.07, 6.45) is 3.22. The van der Waals surface area contributed by atoms with Crippen molar-refractivity contribution < 1.29 is 19.4 Å². The van der Waals surface area contributed by atoms with E-state index in [1.807, 2.05) is 6.92 Å². The number of carboxylic acid groups (broad SMARTS) is 1. The van der Waals surface area contributed by atoms with Crippen LogP contribution in [0, 0.1) is 0 Å². The Morgan fingerprint density at radius 1 is 1.55 bits per heavy atom. The average Bonchev–Trinajstić information content (AvgIpc) is 2.92. The molecule has 0 spiro atoms. The molecule has 1 atom stereocenters. The third-order valence-corrected chi connectivity index (χ3v) is 3.38. The lowest BCUT2D eigenvalue weighted by atomic mass is 10.1. The number of aromatic carboxylic acids is 1. The number of carbonyl (C=O) groups is 2. The van der Waals surface area contributed by atoms with Crippen LogP contribution in [-0.2, 0) is 4.74 Å². The van der Waals surface area contributed by atoms with E-state index in [9.17, 15) is 9.59 Å². The third kappa shape index (κ3) is 3.14. The Kier molecular flexibility index (Phi) is 4.68. The van der Waals surface area contributed by atoms with Crippen LogP contribution in [0.5, 0.6) is 0 Å². The summed E-state index contributed by atoms with van der Waals surface area (Å²) in [5.74, 6) is -1.29. The summed E-state index contributed by atoms with van der Waals surface area (Å²) in [7, 11) is 0. The number of pyridine rings is 1. The summed E-state index contributed by atoms with van der Waals surface area (Å²) in [6.45, 7) is 3.75. The van der Waals surface area contributed by atoms with Gasteiger partial charge in [0.05, 0.1) is 12.6 Å². The molecule has 1 N–H and O–H groups in total. The van der Waals surface area contributed by atoms with E-state index in [1.54, 1.807) is 11.0 Å². The summed E-state index contributed by atoms with van der Waals surface area (Å²) in [5.41, 5.74) is 0.247. The van der Waals surface area contributed by atoms with Crippen LogP contribution in [0.15, 0.2) is 18.3 Å². The van der Waals surface area contributed by atoms with E-state index in [4.69, 9.17) is 9.84 Å². The molecule has 0 aliphatic carbocycles. The molecule has 1 aromatic rings. The zero-order valence-corrected chi connectivity index (χ0v) is 11.4. The minimum absolute atomic E-state index is 0.0730. The van der Waals surface area contributed by atoms with Gasteiger partial charge in [0.25, 0.3) is 5.91 Å². The van der Waals surface area contributed by atoms with Crippen molar-refractivity contribution in [1.29, 1.82) is 0 Å². The lowest BCUT2D eigenvalue weighted by molar-refractivity contribution is 0.0564. The van der Waals surface area contributed by atoms with E-state index in [0.717, 1.165) is 12.8 Å². The Labute approximate surface area is 117 Å². The number of aromatic nitrogens is 1. The number of carbonyl (C=O) groups excluding carboxylic acids is 1. The first kappa shape index (κ1) is 14.5. The van der Waals surface area contributed by atoms with Crippen molar-refractivity contribution in [3.8, 4) is 0 Å². The maximum Gasteiger partial charge on any atom is 0.354 e. The summed E-state index contributed by atoms with van der Waals surface area (Å²) < 4.78 is 5.40. The lowest BCUT2D eigenvalue weighted by Crippen LogP contribution is -2.38. The number of hydrogen-bond donors (Lipinski definition) is 1. The predicted molar refractivity (Wildman–Crippen MR) is 71.7 cm³/mol. The summed E-state index contributed by atoms with van der Waals surface area (Å²) in [5, 5.41) is 8.92. The van der Waals surface area contributed by atoms with Gasteiger partial charge in [-0.15, -0.1) is 0 Å². The van der Waals surface area contributed by atoms with Crippen molar-refractivity contribution in [2.24, 2.45) is 0 Å². The Morgan fingerprint density at radius 3 is 3.05 bits per heavy atom. The Morgan fingerprint density at radius 2 is 2.35 bits per heavy atom. The largest absolute Gasteiger partial charge is 0.477 e. The molecule has 6 heteroatoms. The van der Waals surface area contributed by atoms with Crippen LogP contribution in [0.4, 0.5) is 0 Å². The van der Waals surface area contributed by atoms with Crippen LogP contribution < -0.4 is 0 Å². The van der Waals surface area contributed by atoms with Crippen molar-refractivity contribution in [3.05, 3.63) is 29.6 Å². The fourth-order valence-corrected chi connectivity index (χ4v) is 2.38. The highest BCUT2D eigenvalue weighted by Gasteiger charge is 2.29. The topological polar surface area (TPSA) is 79.7 Å². The number of carboxylic acids is 1. The molecule has 2 rings (SSSR count). The molecule has 1 fully saturated rings. The van der Waals surface area contributed by atoms with Crippen molar-refractivity contribution in [2.75, 3.05) is 19.8 Å². The fraction of sp³-hybridized carbons (Fsp3) is 0.500. The van der Waals surface area contributed by atoms with Crippen LogP contribution in [0.25, 0.3) is 0 Å². The zero-order valence-electron chi connectivity index (χ0n) is 11.4. The predicted octanol–water partition coefficient (Wildman–Crippen LogP) is 1.42. The van der Waals surface area contributed by atoms with E-state index in [1.165, 1.54) is 12.3 Å². The van der Waals surface area contributed by atoms with Crippen LogP contribution >= 0.6 is 0 Å². The lowest BCUT2D eigenvalue weighted by Gasteiger charge is -2.24. The zero-order chi connectivity index (χ0) is 14.5. The van der Waals surface area contributed by atoms with E-state index in [-0.39, 0.29) is 17.6 Å². The third-order valence-electron chi connectivity index (χ3n) is 3.38. The Hall–Kier alpha value is -1.95. The maximum absolute atomic E-state index is 12.4. The van der Waals surface area contributed by atoms with Gasteiger partial charge in [0.15, 0.2) is 0 Å². The molecule has 0 bridgehead atoms. The maximum atomic E-state index is 12.4. The van der Waals surface area contributed by atoms with Crippen LogP contribution in [-0.4, -0.2) is 52.7 Å². The van der Waals surface area contributed by atoms with E-state index >= 15 is 0 Å². The molecule has 108 valence electrons. The molecule has 0 aromatic carbocycles. The van der Waals surface area contributed by atoms with Gasteiger partial charge in [-0.05, 0) is 31.9 Å². The smallest absolute Gasteiger partial charge is 0.354 e. The molecule has 1 aliphatic heterocycles. The van der Waals surface area contributed by atoms with E-state index in [2.05, 4.69) is 4.98 Å². The molecule has 1 aliphatic rings. The van der Waals surface area contributed by atoms with Crippen molar-refractivity contribution in [3.63, 3.8) is 0 Å². The molecule has 6 nitrogen and oxygen atoms in total. The highest BCUT2D eigenvalue weighted by molar-refractivity contribution is 5.96. The summed E-state index contributed by atoms with van der Waals surface area (Å²) in [4.78, 5) is 28.8. The SMILES string of the molecule is CCOC[C@H]1CCCN1C(=O)c1ccnc(C(=O)O)c1. The van der Waals surface area contributed by atoms with Gasteiger partial charge in [-0.2, -0.15) is 0 Å². The Bertz CT molecular complexity index is 504. The number of hydrogen-bond acceptors (Lipinski definition) is 4. The summed E-state index contributed by atoms with van der Waals surface area (Å²) >= 11 is 0. The van der Waals surface area contributed by atoms with Gasteiger partial charge in [0.2, 0.25) is 0 Å². The second kappa shape index (κ2) is 6.47. The van der Waals surface area contributed by atoms with Gasteiger partial charge < -0.3 is 14.7 Å². The molecular formula is C14H18N2O4. The second-order valence-corrected chi connectivity index (χ2v) is 4.69. The van der Waals surface area contributed by atoms with Crippen LogP contribution in [0.1, 0.15) is 40.6 Å². The summed E-state index contributed by atoms with van der Waals surface area (Å²) in [6, 6.07) is 2.94. The highest BCUT2D eigenvalue weighted by Crippen LogP contribution is 2.20. The van der Waals surface area contributed by atoms with Gasteiger partial charge in [-0.3, -0.25) is 4.79 Å². The van der Waals surface area contributed by atoms with E-state index in [0.29, 0.717) is 25.3 Å². The number of ether oxygens (including phenoxy) is 1. The first-order chi connectivity index (χ1) is 9.63. The van der Waals surface area contributed by atoms with E-state index < -0.39 is 5.97 Å². The molecule has 0 unspecified atom stereocenters. The minimum atomic E-state index is -1.13. The molecule has 0 radical (unpaired) electrons. The number of amides is 1. The molecule has 2 heterocycles. The Balaban J connectivity index is 2.13. The standard InChI is InChI=1S/C14H18N2O4/c1-2-20-9-11-4-3-7-16(11)13(17)10-5-6-15-12(8-10)14(18)19/h5-6,8,11H,2-4,7,9H2,1H3,(H,18,19)/t11-/m1/s1. The highest BCUT2D eigenvalue weighted by atomic mass is 16.5.